The molecule has 3 heteroatoms. The van der Waals surface area contributed by atoms with Gasteiger partial charge in [0.05, 0.1) is 12.0 Å². The molecule has 0 spiro atoms. The lowest BCUT2D eigenvalue weighted by atomic mass is 9.68. The molecule has 0 radical (unpaired) electrons. The largest absolute Gasteiger partial charge is 0.395 e. The van der Waals surface area contributed by atoms with Crippen LogP contribution in [0.1, 0.15) is 36.0 Å². The molecule has 1 amide bonds. The maximum absolute atomic E-state index is 12.2. The van der Waals surface area contributed by atoms with E-state index >= 15 is 0 Å². The van der Waals surface area contributed by atoms with E-state index < -0.39 is 5.41 Å². The van der Waals surface area contributed by atoms with Crippen molar-refractivity contribution in [1.82, 2.24) is 0 Å². The van der Waals surface area contributed by atoms with Crippen LogP contribution in [0.3, 0.4) is 0 Å². The number of aliphatic hydroxyl groups excluding tert-OH is 1. The van der Waals surface area contributed by atoms with Gasteiger partial charge in [-0.05, 0) is 56.4 Å². The van der Waals surface area contributed by atoms with Crippen molar-refractivity contribution in [2.75, 3.05) is 11.9 Å². The highest BCUT2D eigenvalue weighted by atomic mass is 16.3. The van der Waals surface area contributed by atoms with Crippen molar-refractivity contribution in [2.45, 2.75) is 40.0 Å². The van der Waals surface area contributed by atoms with Crippen LogP contribution < -0.4 is 5.32 Å². The lowest BCUT2D eigenvalue weighted by Gasteiger charge is -2.38. The van der Waals surface area contributed by atoms with E-state index in [0.717, 1.165) is 30.5 Å². The molecule has 1 aromatic carbocycles. The molecular weight excluding hydrogens is 226 g/mol. The van der Waals surface area contributed by atoms with Gasteiger partial charge in [0.25, 0.3) is 0 Å². The number of hydrogen-bond acceptors (Lipinski definition) is 2. The minimum absolute atomic E-state index is 0.0393. The van der Waals surface area contributed by atoms with E-state index in [0.29, 0.717) is 0 Å². The summed E-state index contributed by atoms with van der Waals surface area (Å²) < 4.78 is 0. The van der Waals surface area contributed by atoms with Crippen molar-refractivity contribution in [3.05, 3.63) is 28.8 Å². The molecule has 0 heterocycles. The molecule has 1 aliphatic carbocycles. The van der Waals surface area contributed by atoms with Gasteiger partial charge >= 0.3 is 0 Å². The van der Waals surface area contributed by atoms with Gasteiger partial charge in [0.2, 0.25) is 5.91 Å². The third kappa shape index (κ3) is 2.15. The molecule has 0 aromatic heterocycles. The summed E-state index contributed by atoms with van der Waals surface area (Å²) in [4.78, 5) is 12.2. The monoisotopic (exact) mass is 247 g/mol. The minimum Gasteiger partial charge on any atom is -0.395 e. The molecule has 18 heavy (non-hydrogen) atoms. The van der Waals surface area contributed by atoms with Crippen molar-refractivity contribution >= 4 is 11.6 Å². The van der Waals surface area contributed by atoms with Gasteiger partial charge in [-0.2, -0.15) is 0 Å². The molecule has 0 unspecified atom stereocenters. The van der Waals surface area contributed by atoms with Gasteiger partial charge in [-0.15, -0.1) is 0 Å². The Hall–Kier alpha value is -1.35. The van der Waals surface area contributed by atoms with Gasteiger partial charge in [0.15, 0.2) is 0 Å². The third-order valence-corrected chi connectivity index (χ3v) is 4.18. The Morgan fingerprint density at radius 1 is 1.22 bits per heavy atom. The van der Waals surface area contributed by atoms with Crippen LogP contribution in [0.5, 0.6) is 0 Å². The normalized spacial score (nSPS) is 17.1. The summed E-state index contributed by atoms with van der Waals surface area (Å²) >= 11 is 0. The first kappa shape index (κ1) is 13.1. The predicted octanol–water partition coefficient (Wildman–Crippen LogP) is 2.71. The van der Waals surface area contributed by atoms with Gasteiger partial charge in [-0.3, -0.25) is 4.79 Å². The van der Waals surface area contributed by atoms with Crippen molar-refractivity contribution < 1.29 is 9.90 Å². The second-order valence-corrected chi connectivity index (χ2v) is 5.50. The van der Waals surface area contributed by atoms with E-state index in [1.54, 1.807) is 0 Å². The molecule has 2 N–H and O–H groups in total. The molecule has 1 aromatic rings. The van der Waals surface area contributed by atoms with Crippen molar-refractivity contribution in [1.29, 1.82) is 0 Å². The van der Waals surface area contributed by atoms with Crippen LogP contribution in [0.2, 0.25) is 0 Å². The fraction of sp³-hybridized carbons (Fsp3) is 0.533. The van der Waals surface area contributed by atoms with Crippen LogP contribution in [0.4, 0.5) is 5.69 Å². The van der Waals surface area contributed by atoms with Gasteiger partial charge in [0.1, 0.15) is 0 Å². The quantitative estimate of drug-likeness (QED) is 0.862. The number of aliphatic hydroxyl groups is 1. The van der Waals surface area contributed by atoms with E-state index in [-0.39, 0.29) is 12.5 Å². The Morgan fingerprint density at radius 2 is 1.83 bits per heavy atom. The Morgan fingerprint density at radius 3 is 2.33 bits per heavy atom. The highest BCUT2D eigenvalue weighted by Crippen LogP contribution is 2.41. The summed E-state index contributed by atoms with van der Waals surface area (Å²) in [5.74, 6) is -0.0393. The smallest absolute Gasteiger partial charge is 0.232 e. The van der Waals surface area contributed by atoms with Gasteiger partial charge < -0.3 is 10.4 Å². The molecule has 3 nitrogen and oxygen atoms in total. The summed E-state index contributed by atoms with van der Waals surface area (Å²) in [6.07, 6.45) is 2.61. The lowest BCUT2D eigenvalue weighted by Crippen LogP contribution is -2.44. The van der Waals surface area contributed by atoms with E-state index in [9.17, 15) is 9.90 Å². The number of amides is 1. The minimum atomic E-state index is -0.536. The van der Waals surface area contributed by atoms with E-state index in [1.807, 2.05) is 19.9 Å². The molecule has 1 aliphatic rings. The summed E-state index contributed by atoms with van der Waals surface area (Å²) in [6.45, 7) is 6.04. The molecule has 1 fully saturated rings. The summed E-state index contributed by atoms with van der Waals surface area (Å²) in [5, 5.41) is 12.4. The highest BCUT2D eigenvalue weighted by molar-refractivity contribution is 5.96. The number of benzene rings is 1. The number of hydrogen-bond donors (Lipinski definition) is 2. The maximum Gasteiger partial charge on any atom is 0.232 e. The first-order valence-corrected chi connectivity index (χ1v) is 6.49. The zero-order valence-electron chi connectivity index (χ0n) is 11.3. The van der Waals surface area contributed by atoms with E-state index in [4.69, 9.17) is 0 Å². The summed E-state index contributed by atoms with van der Waals surface area (Å²) in [7, 11) is 0. The van der Waals surface area contributed by atoms with Crippen LogP contribution in [0.15, 0.2) is 12.1 Å². The van der Waals surface area contributed by atoms with Crippen molar-refractivity contribution in [3.8, 4) is 0 Å². The third-order valence-electron chi connectivity index (χ3n) is 4.18. The zero-order valence-corrected chi connectivity index (χ0v) is 11.3. The molecule has 98 valence electrons. The topological polar surface area (TPSA) is 49.3 Å². The van der Waals surface area contributed by atoms with Crippen LogP contribution >= 0.6 is 0 Å². The van der Waals surface area contributed by atoms with E-state index in [1.165, 1.54) is 11.1 Å². The first-order chi connectivity index (χ1) is 8.48. The maximum atomic E-state index is 12.2. The van der Waals surface area contributed by atoms with Crippen LogP contribution in [0.25, 0.3) is 0 Å². The Balaban J connectivity index is 2.19. The molecule has 1 saturated carbocycles. The zero-order chi connectivity index (χ0) is 13.3. The van der Waals surface area contributed by atoms with Crippen LogP contribution in [-0.2, 0) is 4.79 Å². The van der Waals surface area contributed by atoms with Crippen LogP contribution in [-0.4, -0.2) is 17.6 Å². The van der Waals surface area contributed by atoms with Gasteiger partial charge in [-0.1, -0.05) is 12.5 Å². The molecular formula is C15H21NO2. The highest BCUT2D eigenvalue weighted by Gasteiger charge is 2.43. The molecule has 0 saturated heterocycles. The summed E-state index contributed by atoms with van der Waals surface area (Å²) in [6, 6.07) is 4.09. The average molecular weight is 247 g/mol. The molecule has 0 aliphatic heterocycles. The van der Waals surface area contributed by atoms with Crippen molar-refractivity contribution in [2.24, 2.45) is 5.41 Å². The Kier molecular flexibility index (Phi) is 3.44. The predicted molar refractivity (Wildman–Crippen MR) is 72.7 cm³/mol. The van der Waals surface area contributed by atoms with Gasteiger partial charge in [0, 0.05) is 5.69 Å². The SMILES string of the molecule is Cc1cc(C)c(NC(=O)C2(CO)CCC2)cc1C. The number of nitrogens with one attached hydrogen (secondary N) is 1. The van der Waals surface area contributed by atoms with Crippen molar-refractivity contribution in [3.63, 3.8) is 0 Å². The first-order valence-electron chi connectivity index (χ1n) is 6.49. The Labute approximate surface area is 108 Å². The average Bonchev–Trinajstić information content (AvgIpc) is 2.25. The number of carbonyl (C=O) groups is 1. The molecule has 2 rings (SSSR count). The molecule has 0 atom stereocenters. The fourth-order valence-electron chi connectivity index (χ4n) is 2.41. The summed E-state index contributed by atoms with van der Waals surface area (Å²) in [5.41, 5.74) is 3.79. The lowest BCUT2D eigenvalue weighted by molar-refractivity contribution is -0.133. The number of rotatable bonds is 3. The second-order valence-electron chi connectivity index (χ2n) is 5.50. The number of aryl methyl sites for hydroxylation is 3. The van der Waals surface area contributed by atoms with Crippen LogP contribution in [0, 0.1) is 26.2 Å². The molecule has 0 bridgehead atoms. The standard InChI is InChI=1S/C15H21NO2/c1-10-7-12(3)13(8-11(10)2)16-14(18)15(9-17)5-4-6-15/h7-8,17H,4-6,9H2,1-3H3,(H,16,18). The Bertz CT molecular complexity index is 470. The second kappa shape index (κ2) is 4.73. The number of carbonyl (C=O) groups excluding carboxylic acids is 1. The number of anilines is 1. The van der Waals surface area contributed by atoms with E-state index in [2.05, 4.69) is 18.3 Å². The fourth-order valence-corrected chi connectivity index (χ4v) is 2.41. The van der Waals surface area contributed by atoms with Gasteiger partial charge in [-0.25, -0.2) is 0 Å².